The number of nitrogens with one attached hydrogen (secondary N) is 1. The van der Waals surface area contributed by atoms with E-state index in [1.54, 1.807) is 0 Å². The van der Waals surface area contributed by atoms with Crippen LogP contribution in [0.5, 0.6) is 0 Å². The molecule has 0 amide bonds. The number of rotatable bonds is 5. The van der Waals surface area contributed by atoms with Crippen molar-refractivity contribution in [3.05, 3.63) is 0 Å². The minimum absolute atomic E-state index is 0.0840. The molecule has 2 aliphatic rings. The van der Waals surface area contributed by atoms with Crippen molar-refractivity contribution in [3.8, 4) is 0 Å². The first-order valence-electron chi connectivity index (χ1n) is 8.80. The maximum Gasteiger partial charge on any atom is 0.279 e. The van der Waals surface area contributed by atoms with Gasteiger partial charge in [-0.3, -0.25) is 4.90 Å². The zero-order valence-electron chi connectivity index (χ0n) is 15.8. The number of hydrogen-bond donors (Lipinski definition) is 1. The largest absolute Gasteiger partial charge is 0.373 e. The Morgan fingerprint density at radius 2 is 1.33 bits per heavy atom. The molecule has 2 fully saturated rings. The summed E-state index contributed by atoms with van der Waals surface area (Å²) in [6, 6.07) is 0. The highest BCUT2D eigenvalue weighted by Crippen LogP contribution is 2.21. The molecule has 0 aromatic carbocycles. The number of nitrogens with zero attached hydrogens (tertiary/aromatic N) is 2. The maximum atomic E-state index is 12.7. The summed E-state index contributed by atoms with van der Waals surface area (Å²) in [5.74, 6) is 0. The van der Waals surface area contributed by atoms with Crippen molar-refractivity contribution in [1.82, 2.24) is 13.9 Å². The lowest BCUT2D eigenvalue weighted by Crippen LogP contribution is -2.60. The predicted molar refractivity (Wildman–Crippen MR) is 94.2 cm³/mol. The first kappa shape index (κ1) is 20.1. The Morgan fingerprint density at radius 3 is 1.79 bits per heavy atom. The predicted octanol–water partition coefficient (Wildman–Crippen LogP) is 0.818. The van der Waals surface area contributed by atoms with E-state index in [2.05, 4.69) is 37.3 Å². The summed E-state index contributed by atoms with van der Waals surface area (Å²) in [4.78, 5) is 2.30. The van der Waals surface area contributed by atoms with E-state index in [1.165, 1.54) is 4.31 Å². The van der Waals surface area contributed by atoms with Crippen molar-refractivity contribution in [2.45, 2.75) is 71.5 Å². The smallest absolute Gasteiger partial charge is 0.279 e. The molecule has 2 saturated heterocycles. The standard InChI is InChI=1S/C16H33N3O4S/c1-12-7-18(8-13(2)22-12)16(5,6)11-17-24(20,21)19-9-14(3)23-15(4)10-19/h12-15,17H,7-11H2,1-6H3. The van der Waals surface area contributed by atoms with Crippen molar-refractivity contribution in [3.63, 3.8) is 0 Å². The highest BCUT2D eigenvalue weighted by atomic mass is 32.2. The van der Waals surface area contributed by atoms with Crippen LogP contribution in [0.15, 0.2) is 0 Å². The second-order valence-electron chi connectivity index (χ2n) is 7.88. The Balaban J connectivity index is 1.97. The third-order valence-electron chi connectivity index (χ3n) is 4.69. The van der Waals surface area contributed by atoms with Crippen molar-refractivity contribution >= 4 is 10.2 Å². The molecule has 142 valence electrons. The molecule has 2 heterocycles. The Labute approximate surface area is 146 Å². The summed E-state index contributed by atoms with van der Waals surface area (Å²) in [6.45, 7) is 14.8. The van der Waals surface area contributed by atoms with E-state index in [4.69, 9.17) is 9.47 Å². The Hall–Kier alpha value is -0.250. The number of ether oxygens (including phenoxy) is 2. The van der Waals surface area contributed by atoms with Crippen LogP contribution in [0.2, 0.25) is 0 Å². The van der Waals surface area contributed by atoms with E-state index < -0.39 is 10.2 Å². The molecule has 0 aliphatic carbocycles. The van der Waals surface area contributed by atoms with Gasteiger partial charge < -0.3 is 9.47 Å². The summed E-state index contributed by atoms with van der Waals surface area (Å²) >= 11 is 0. The van der Waals surface area contributed by atoms with E-state index in [9.17, 15) is 8.42 Å². The van der Waals surface area contributed by atoms with Gasteiger partial charge in [-0.25, -0.2) is 4.72 Å². The van der Waals surface area contributed by atoms with Gasteiger partial charge in [0.05, 0.1) is 24.4 Å². The molecule has 2 rings (SSSR count). The van der Waals surface area contributed by atoms with Crippen LogP contribution in [0, 0.1) is 0 Å². The fourth-order valence-electron chi connectivity index (χ4n) is 3.47. The van der Waals surface area contributed by atoms with E-state index in [0.717, 1.165) is 13.1 Å². The number of hydrogen-bond acceptors (Lipinski definition) is 5. The molecule has 2 aliphatic heterocycles. The molecule has 0 saturated carbocycles. The SMILES string of the molecule is CC1CN(C(C)(C)CNS(=O)(=O)N2CC(C)OC(C)C2)CC(C)O1. The third-order valence-corrected chi connectivity index (χ3v) is 6.18. The highest BCUT2D eigenvalue weighted by Gasteiger charge is 2.36. The summed E-state index contributed by atoms with van der Waals surface area (Å²) in [7, 11) is -3.50. The zero-order valence-corrected chi connectivity index (χ0v) is 16.6. The lowest BCUT2D eigenvalue weighted by molar-refractivity contribution is -0.0946. The molecule has 0 spiro atoms. The maximum absolute atomic E-state index is 12.7. The summed E-state index contributed by atoms with van der Waals surface area (Å²) < 4.78 is 41.0. The fraction of sp³-hybridized carbons (Fsp3) is 1.00. The quantitative estimate of drug-likeness (QED) is 0.783. The molecular weight excluding hydrogens is 330 g/mol. The Kier molecular flexibility index (Phi) is 6.31. The normalized spacial score (nSPS) is 34.4. The average molecular weight is 364 g/mol. The minimum atomic E-state index is -3.50. The Bertz CT molecular complexity index is 505. The highest BCUT2D eigenvalue weighted by molar-refractivity contribution is 7.87. The first-order valence-corrected chi connectivity index (χ1v) is 10.2. The monoisotopic (exact) mass is 363 g/mol. The number of morpholine rings is 2. The fourth-order valence-corrected chi connectivity index (χ4v) is 5.00. The molecule has 0 radical (unpaired) electrons. The van der Waals surface area contributed by atoms with Gasteiger partial charge in [0.1, 0.15) is 0 Å². The van der Waals surface area contributed by atoms with Crippen LogP contribution < -0.4 is 4.72 Å². The van der Waals surface area contributed by atoms with Gasteiger partial charge in [-0.1, -0.05) is 0 Å². The zero-order chi connectivity index (χ0) is 18.1. The molecule has 7 nitrogen and oxygen atoms in total. The average Bonchev–Trinajstić information content (AvgIpc) is 2.43. The van der Waals surface area contributed by atoms with Gasteiger partial charge in [-0.15, -0.1) is 0 Å². The van der Waals surface area contributed by atoms with Crippen LogP contribution in [-0.4, -0.2) is 80.3 Å². The van der Waals surface area contributed by atoms with Gasteiger partial charge in [0.15, 0.2) is 0 Å². The lowest BCUT2D eigenvalue weighted by atomic mass is 10.0. The molecule has 1 N–H and O–H groups in total. The van der Waals surface area contributed by atoms with Crippen molar-refractivity contribution in [2.75, 3.05) is 32.7 Å². The van der Waals surface area contributed by atoms with Crippen LogP contribution in [0.4, 0.5) is 0 Å². The van der Waals surface area contributed by atoms with E-state index >= 15 is 0 Å². The van der Waals surface area contributed by atoms with Crippen LogP contribution >= 0.6 is 0 Å². The van der Waals surface area contributed by atoms with E-state index in [-0.39, 0.29) is 30.0 Å². The molecular formula is C16H33N3O4S. The topological polar surface area (TPSA) is 71.1 Å². The van der Waals surface area contributed by atoms with Crippen molar-refractivity contribution < 1.29 is 17.9 Å². The van der Waals surface area contributed by atoms with Gasteiger partial charge in [0.25, 0.3) is 10.2 Å². The second-order valence-corrected chi connectivity index (χ2v) is 9.63. The van der Waals surface area contributed by atoms with E-state index in [0.29, 0.717) is 19.6 Å². The van der Waals surface area contributed by atoms with Crippen LogP contribution in [0.3, 0.4) is 0 Å². The first-order chi connectivity index (χ1) is 11.0. The van der Waals surface area contributed by atoms with Gasteiger partial charge >= 0.3 is 0 Å². The molecule has 0 bridgehead atoms. The van der Waals surface area contributed by atoms with Gasteiger partial charge in [-0.05, 0) is 41.5 Å². The molecule has 8 heteroatoms. The van der Waals surface area contributed by atoms with Crippen LogP contribution in [0.1, 0.15) is 41.5 Å². The third kappa shape index (κ3) is 5.12. The molecule has 0 aromatic heterocycles. The van der Waals surface area contributed by atoms with Gasteiger partial charge in [0.2, 0.25) is 0 Å². The van der Waals surface area contributed by atoms with Crippen molar-refractivity contribution in [1.29, 1.82) is 0 Å². The lowest BCUT2D eigenvalue weighted by Gasteiger charge is -2.45. The molecule has 4 atom stereocenters. The summed E-state index contributed by atoms with van der Waals surface area (Å²) in [5, 5.41) is 0. The van der Waals surface area contributed by atoms with Gasteiger partial charge in [-0.2, -0.15) is 12.7 Å². The van der Waals surface area contributed by atoms with Crippen LogP contribution in [-0.2, 0) is 19.7 Å². The van der Waals surface area contributed by atoms with Crippen molar-refractivity contribution in [2.24, 2.45) is 0 Å². The minimum Gasteiger partial charge on any atom is -0.373 e. The molecule has 24 heavy (non-hydrogen) atoms. The summed E-state index contributed by atoms with van der Waals surface area (Å²) in [6.07, 6.45) is 0.148. The molecule has 4 unspecified atom stereocenters. The van der Waals surface area contributed by atoms with E-state index in [1.807, 2.05) is 13.8 Å². The molecule has 0 aromatic rings. The Morgan fingerprint density at radius 1 is 0.917 bits per heavy atom. The second kappa shape index (κ2) is 7.55. The summed E-state index contributed by atoms with van der Waals surface area (Å²) in [5.41, 5.74) is -0.275. The van der Waals surface area contributed by atoms with Crippen LogP contribution in [0.25, 0.3) is 0 Å². The van der Waals surface area contributed by atoms with Gasteiger partial charge in [0, 0.05) is 38.3 Å².